The molecule has 0 spiro atoms. The van der Waals surface area contributed by atoms with Crippen LogP contribution in [-0.2, 0) is 0 Å². The molecule has 1 unspecified atom stereocenters. The molecule has 1 atom stereocenters. The van der Waals surface area contributed by atoms with Gasteiger partial charge in [0, 0.05) is 23.0 Å². The highest BCUT2D eigenvalue weighted by Crippen LogP contribution is 2.19. The van der Waals surface area contributed by atoms with Crippen molar-refractivity contribution in [3.63, 3.8) is 0 Å². The Morgan fingerprint density at radius 1 is 1.50 bits per heavy atom. The average molecular weight is 287 g/mol. The Hall–Kier alpha value is -0.710. The number of rotatable bonds is 3. The summed E-state index contributed by atoms with van der Waals surface area (Å²) in [7, 11) is 0. The first-order chi connectivity index (χ1) is 8.20. The van der Waals surface area contributed by atoms with E-state index in [1.165, 1.54) is 0 Å². The third-order valence-corrected chi connectivity index (χ3v) is 3.81. The molecular formula is C13H19ClN2OS. The number of hydrogen-bond donors (Lipinski definition) is 2. The second-order valence-electron chi connectivity index (χ2n) is 4.34. The Balaban J connectivity index is 0.00000162. The molecule has 5 heteroatoms. The van der Waals surface area contributed by atoms with Gasteiger partial charge < -0.3 is 10.6 Å². The van der Waals surface area contributed by atoms with Crippen LogP contribution >= 0.6 is 24.2 Å². The summed E-state index contributed by atoms with van der Waals surface area (Å²) in [5.41, 5.74) is 1.83. The van der Waals surface area contributed by atoms with Gasteiger partial charge in [0.05, 0.1) is 0 Å². The summed E-state index contributed by atoms with van der Waals surface area (Å²) < 4.78 is 0. The molecule has 1 amide bonds. The fourth-order valence-electron chi connectivity index (χ4n) is 2.01. The fraction of sp³-hybridized carbons (Fsp3) is 0.462. The summed E-state index contributed by atoms with van der Waals surface area (Å²) in [6, 6.07) is 6.30. The predicted molar refractivity (Wildman–Crippen MR) is 78.9 cm³/mol. The molecule has 1 saturated heterocycles. The van der Waals surface area contributed by atoms with Crippen molar-refractivity contribution in [2.45, 2.75) is 24.3 Å². The summed E-state index contributed by atoms with van der Waals surface area (Å²) in [5, 5.41) is 6.32. The van der Waals surface area contributed by atoms with Crippen LogP contribution in [0.3, 0.4) is 0 Å². The number of thioether (sulfide) groups is 1. The van der Waals surface area contributed by atoms with Crippen molar-refractivity contribution >= 4 is 30.1 Å². The van der Waals surface area contributed by atoms with Crippen molar-refractivity contribution in [3.8, 4) is 0 Å². The van der Waals surface area contributed by atoms with Crippen LogP contribution in [0.5, 0.6) is 0 Å². The second kappa shape index (κ2) is 7.02. The second-order valence-corrected chi connectivity index (χ2v) is 5.22. The van der Waals surface area contributed by atoms with Crippen LogP contribution in [0.2, 0.25) is 0 Å². The summed E-state index contributed by atoms with van der Waals surface area (Å²) in [6.45, 7) is 3.85. The van der Waals surface area contributed by atoms with Gasteiger partial charge in [0.15, 0.2) is 0 Å². The molecule has 1 aromatic rings. The lowest BCUT2D eigenvalue weighted by molar-refractivity contribution is 0.0939. The quantitative estimate of drug-likeness (QED) is 0.838. The zero-order chi connectivity index (χ0) is 12.3. The number of aryl methyl sites for hydroxylation is 1. The molecule has 1 aromatic carbocycles. The first-order valence-electron chi connectivity index (χ1n) is 5.87. The maximum Gasteiger partial charge on any atom is 0.251 e. The van der Waals surface area contributed by atoms with Crippen LogP contribution in [0.15, 0.2) is 23.1 Å². The Kier molecular flexibility index (Phi) is 5.99. The van der Waals surface area contributed by atoms with Crippen molar-refractivity contribution in [2.24, 2.45) is 0 Å². The molecule has 2 rings (SSSR count). The normalized spacial score (nSPS) is 18.2. The Bertz CT molecular complexity index is 419. The van der Waals surface area contributed by atoms with E-state index >= 15 is 0 Å². The number of hydrogen-bond acceptors (Lipinski definition) is 3. The van der Waals surface area contributed by atoms with Gasteiger partial charge in [-0.3, -0.25) is 4.79 Å². The van der Waals surface area contributed by atoms with Crippen LogP contribution < -0.4 is 10.6 Å². The van der Waals surface area contributed by atoms with Gasteiger partial charge in [-0.1, -0.05) is 6.07 Å². The Labute approximate surface area is 119 Å². The molecule has 1 aliphatic rings. The first-order valence-corrected chi connectivity index (χ1v) is 7.09. The van der Waals surface area contributed by atoms with Gasteiger partial charge in [-0.2, -0.15) is 0 Å². The van der Waals surface area contributed by atoms with Gasteiger partial charge in [0.25, 0.3) is 5.91 Å². The van der Waals surface area contributed by atoms with Crippen LogP contribution in [0.25, 0.3) is 0 Å². The molecule has 2 N–H and O–H groups in total. The fourth-order valence-corrected chi connectivity index (χ4v) is 2.45. The van der Waals surface area contributed by atoms with E-state index in [0.29, 0.717) is 0 Å². The van der Waals surface area contributed by atoms with Gasteiger partial charge >= 0.3 is 0 Å². The van der Waals surface area contributed by atoms with Crippen molar-refractivity contribution in [1.29, 1.82) is 0 Å². The van der Waals surface area contributed by atoms with Crippen LogP contribution in [0.4, 0.5) is 0 Å². The summed E-state index contributed by atoms with van der Waals surface area (Å²) in [6.07, 6.45) is 3.04. The van der Waals surface area contributed by atoms with E-state index in [9.17, 15) is 4.79 Å². The molecule has 1 heterocycles. The van der Waals surface area contributed by atoms with E-state index in [4.69, 9.17) is 0 Å². The van der Waals surface area contributed by atoms with E-state index in [2.05, 4.69) is 10.6 Å². The maximum atomic E-state index is 12.1. The monoisotopic (exact) mass is 286 g/mol. The van der Waals surface area contributed by atoms with E-state index in [0.717, 1.165) is 35.5 Å². The zero-order valence-corrected chi connectivity index (χ0v) is 12.3. The van der Waals surface area contributed by atoms with Crippen molar-refractivity contribution in [3.05, 3.63) is 29.3 Å². The number of benzene rings is 1. The number of carbonyl (C=O) groups is 1. The van der Waals surface area contributed by atoms with E-state index in [-0.39, 0.29) is 24.4 Å². The molecule has 0 radical (unpaired) electrons. The summed E-state index contributed by atoms with van der Waals surface area (Å²) in [5.74, 6) is 0.0482. The van der Waals surface area contributed by atoms with Crippen LogP contribution in [0.1, 0.15) is 22.3 Å². The lowest BCUT2D eigenvalue weighted by atomic mass is 10.1. The molecule has 0 saturated carbocycles. The van der Waals surface area contributed by atoms with Crippen molar-refractivity contribution < 1.29 is 4.79 Å². The van der Waals surface area contributed by atoms with Gasteiger partial charge in [-0.25, -0.2) is 0 Å². The van der Waals surface area contributed by atoms with Crippen LogP contribution in [0, 0.1) is 6.92 Å². The molecule has 18 heavy (non-hydrogen) atoms. The van der Waals surface area contributed by atoms with E-state index in [1.54, 1.807) is 11.8 Å². The van der Waals surface area contributed by atoms with E-state index < -0.39 is 0 Å². The number of carbonyl (C=O) groups excluding carboxylic acids is 1. The molecule has 100 valence electrons. The minimum absolute atomic E-state index is 0. The number of halogens is 1. The molecule has 3 nitrogen and oxygen atoms in total. The first kappa shape index (κ1) is 15.3. The summed E-state index contributed by atoms with van der Waals surface area (Å²) >= 11 is 1.66. The summed E-state index contributed by atoms with van der Waals surface area (Å²) in [4.78, 5) is 13.3. The molecule has 1 fully saturated rings. The lowest BCUT2D eigenvalue weighted by Gasteiger charge is -2.13. The topological polar surface area (TPSA) is 41.1 Å². The Morgan fingerprint density at radius 3 is 2.89 bits per heavy atom. The van der Waals surface area contributed by atoms with Crippen molar-refractivity contribution in [1.82, 2.24) is 10.6 Å². The largest absolute Gasteiger partial charge is 0.348 e. The molecular weight excluding hydrogens is 268 g/mol. The third kappa shape index (κ3) is 3.64. The Morgan fingerprint density at radius 2 is 2.28 bits per heavy atom. The highest BCUT2D eigenvalue weighted by atomic mass is 35.5. The van der Waals surface area contributed by atoms with Crippen LogP contribution in [-0.4, -0.2) is 31.3 Å². The third-order valence-electron chi connectivity index (χ3n) is 3.08. The smallest absolute Gasteiger partial charge is 0.251 e. The maximum absolute atomic E-state index is 12.1. The van der Waals surface area contributed by atoms with Gasteiger partial charge in [0.1, 0.15) is 0 Å². The predicted octanol–water partition coefficient (Wildman–Crippen LogP) is 2.23. The lowest BCUT2D eigenvalue weighted by Crippen LogP contribution is -2.36. The average Bonchev–Trinajstić information content (AvgIpc) is 2.82. The van der Waals surface area contributed by atoms with Crippen molar-refractivity contribution in [2.75, 3.05) is 19.3 Å². The highest BCUT2D eigenvalue weighted by Gasteiger charge is 2.18. The van der Waals surface area contributed by atoms with Gasteiger partial charge in [0.2, 0.25) is 0 Å². The number of nitrogens with one attached hydrogen (secondary N) is 2. The zero-order valence-electron chi connectivity index (χ0n) is 10.7. The molecule has 0 aromatic heterocycles. The molecule has 1 aliphatic heterocycles. The van der Waals surface area contributed by atoms with Gasteiger partial charge in [-0.15, -0.1) is 24.2 Å². The SMILES string of the molecule is CSc1ccc(C)c(C(=O)NC2CCNC2)c1.Cl. The molecule has 0 aliphatic carbocycles. The molecule has 0 bridgehead atoms. The number of amides is 1. The highest BCUT2D eigenvalue weighted by molar-refractivity contribution is 7.98. The van der Waals surface area contributed by atoms with Gasteiger partial charge in [-0.05, 0) is 43.8 Å². The minimum Gasteiger partial charge on any atom is -0.348 e. The standard InChI is InChI=1S/C13H18N2OS.ClH/c1-9-3-4-11(17-2)7-12(9)13(16)15-10-5-6-14-8-10;/h3-4,7,10,14H,5-6,8H2,1-2H3,(H,15,16);1H. The minimum atomic E-state index is 0. The van der Waals surface area contributed by atoms with E-state index in [1.807, 2.05) is 31.4 Å².